The minimum Gasteiger partial charge on any atom is -0.497 e. The maximum Gasteiger partial charge on any atom is 0.244 e. The Morgan fingerprint density at radius 1 is 1.10 bits per heavy atom. The third-order valence-electron chi connectivity index (χ3n) is 5.79. The van der Waals surface area contributed by atoms with E-state index in [2.05, 4.69) is 15.6 Å². The molecule has 1 fully saturated rings. The van der Waals surface area contributed by atoms with Gasteiger partial charge < -0.3 is 19.9 Å². The number of carbonyl (C=O) groups excluding carboxylic acids is 2. The Hall–Kier alpha value is -3.35. The number of anilines is 1. The summed E-state index contributed by atoms with van der Waals surface area (Å²) >= 11 is 0. The van der Waals surface area contributed by atoms with Crippen molar-refractivity contribution < 1.29 is 14.3 Å². The number of imidazole rings is 1. The fraction of sp³-hybridized carbons (Fsp3) is 0.375. The first-order valence-corrected chi connectivity index (χ1v) is 10.8. The standard InChI is InChI=1S/C24H28N4O3/c1-31-19-11-7-10-18(14-19)26-23(29)16-28-21-13-6-5-12-20(21)27-22(28)15-25-24(30)17-8-3-2-4-9-17/h5-7,10-14,17H,2-4,8-9,15-16H2,1H3,(H,25,30)(H,26,29). The third-order valence-corrected chi connectivity index (χ3v) is 5.79. The number of benzene rings is 2. The lowest BCUT2D eigenvalue weighted by Gasteiger charge is -2.20. The molecule has 0 unspecified atom stereocenters. The summed E-state index contributed by atoms with van der Waals surface area (Å²) in [5, 5.41) is 5.95. The smallest absolute Gasteiger partial charge is 0.244 e. The van der Waals surface area contributed by atoms with E-state index in [0.717, 1.165) is 36.7 Å². The Balaban J connectivity index is 1.49. The monoisotopic (exact) mass is 420 g/mol. The maximum atomic E-state index is 12.8. The summed E-state index contributed by atoms with van der Waals surface area (Å²) in [5.41, 5.74) is 2.34. The summed E-state index contributed by atoms with van der Waals surface area (Å²) in [5.74, 6) is 1.35. The van der Waals surface area contributed by atoms with Crippen LogP contribution >= 0.6 is 0 Å². The minimum atomic E-state index is -0.170. The van der Waals surface area contributed by atoms with Crippen molar-refractivity contribution in [2.75, 3.05) is 12.4 Å². The summed E-state index contributed by atoms with van der Waals surface area (Å²) < 4.78 is 7.08. The summed E-state index contributed by atoms with van der Waals surface area (Å²) in [4.78, 5) is 30.0. The molecular weight excluding hydrogens is 392 g/mol. The van der Waals surface area contributed by atoms with Crippen LogP contribution in [0.1, 0.15) is 37.9 Å². The van der Waals surface area contributed by atoms with Crippen molar-refractivity contribution in [2.24, 2.45) is 5.92 Å². The normalized spacial score (nSPS) is 14.4. The van der Waals surface area contributed by atoms with Crippen molar-refractivity contribution in [3.63, 3.8) is 0 Å². The topological polar surface area (TPSA) is 85.2 Å². The second-order valence-corrected chi connectivity index (χ2v) is 7.94. The highest BCUT2D eigenvalue weighted by atomic mass is 16.5. The molecule has 0 atom stereocenters. The lowest BCUT2D eigenvalue weighted by molar-refractivity contribution is -0.126. The van der Waals surface area contributed by atoms with Crippen LogP contribution in [0, 0.1) is 5.92 Å². The van der Waals surface area contributed by atoms with Gasteiger partial charge in [0.25, 0.3) is 0 Å². The summed E-state index contributed by atoms with van der Waals surface area (Å²) in [7, 11) is 1.59. The number of amides is 2. The van der Waals surface area contributed by atoms with Crippen LogP contribution in [-0.4, -0.2) is 28.5 Å². The Bertz CT molecular complexity index is 1070. The van der Waals surface area contributed by atoms with Crippen LogP contribution in [0.25, 0.3) is 11.0 Å². The molecule has 0 bridgehead atoms. The number of nitrogens with zero attached hydrogens (tertiary/aromatic N) is 2. The van der Waals surface area contributed by atoms with Gasteiger partial charge >= 0.3 is 0 Å². The molecule has 162 valence electrons. The van der Waals surface area contributed by atoms with Gasteiger partial charge in [-0.15, -0.1) is 0 Å². The van der Waals surface area contributed by atoms with Gasteiger partial charge in [-0.2, -0.15) is 0 Å². The zero-order valence-electron chi connectivity index (χ0n) is 17.8. The van der Waals surface area contributed by atoms with Crippen LogP contribution in [0.5, 0.6) is 5.75 Å². The molecule has 1 aromatic heterocycles. The Labute approximate surface area is 181 Å². The molecule has 0 radical (unpaired) electrons. The summed E-state index contributed by atoms with van der Waals surface area (Å²) in [6.45, 7) is 0.406. The van der Waals surface area contributed by atoms with Gasteiger partial charge in [0.15, 0.2) is 0 Å². The maximum absolute atomic E-state index is 12.8. The second-order valence-electron chi connectivity index (χ2n) is 7.94. The summed E-state index contributed by atoms with van der Waals surface area (Å²) in [6.07, 6.45) is 5.33. The van der Waals surface area contributed by atoms with Gasteiger partial charge in [-0.05, 0) is 37.1 Å². The van der Waals surface area contributed by atoms with Crippen molar-refractivity contribution in [1.29, 1.82) is 0 Å². The first-order chi connectivity index (χ1) is 15.1. The lowest BCUT2D eigenvalue weighted by atomic mass is 9.89. The van der Waals surface area contributed by atoms with E-state index in [1.165, 1.54) is 6.42 Å². The molecule has 1 aliphatic rings. The molecule has 4 rings (SSSR count). The Morgan fingerprint density at radius 3 is 2.71 bits per heavy atom. The van der Waals surface area contributed by atoms with E-state index in [9.17, 15) is 9.59 Å². The number of rotatable bonds is 7. The molecule has 7 nitrogen and oxygen atoms in total. The third kappa shape index (κ3) is 5.05. The predicted molar refractivity (Wildman–Crippen MR) is 120 cm³/mol. The van der Waals surface area contributed by atoms with Crippen molar-refractivity contribution in [3.05, 3.63) is 54.4 Å². The highest BCUT2D eigenvalue weighted by Crippen LogP contribution is 2.24. The molecule has 0 spiro atoms. The van der Waals surface area contributed by atoms with Crippen molar-refractivity contribution in [3.8, 4) is 5.75 Å². The number of methoxy groups -OCH3 is 1. The molecule has 1 heterocycles. The molecular formula is C24H28N4O3. The fourth-order valence-corrected chi connectivity index (χ4v) is 4.16. The van der Waals surface area contributed by atoms with Crippen LogP contribution in [0.2, 0.25) is 0 Å². The van der Waals surface area contributed by atoms with E-state index in [0.29, 0.717) is 23.8 Å². The number of para-hydroxylation sites is 2. The molecule has 0 saturated heterocycles. The molecule has 2 amide bonds. The van der Waals surface area contributed by atoms with Crippen LogP contribution < -0.4 is 15.4 Å². The van der Waals surface area contributed by atoms with Gasteiger partial charge in [0, 0.05) is 17.7 Å². The first-order valence-electron chi connectivity index (χ1n) is 10.8. The number of hydrogen-bond donors (Lipinski definition) is 2. The molecule has 2 N–H and O–H groups in total. The van der Waals surface area contributed by atoms with Gasteiger partial charge in [0.1, 0.15) is 18.1 Å². The lowest BCUT2D eigenvalue weighted by Crippen LogP contribution is -2.32. The largest absolute Gasteiger partial charge is 0.497 e. The number of hydrogen-bond acceptors (Lipinski definition) is 4. The molecule has 1 aliphatic carbocycles. The zero-order valence-corrected chi connectivity index (χ0v) is 17.8. The minimum absolute atomic E-state index is 0.0825. The molecule has 3 aromatic rings. The summed E-state index contributed by atoms with van der Waals surface area (Å²) in [6, 6.07) is 14.9. The van der Waals surface area contributed by atoms with Gasteiger partial charge in [-0.3, -0.25) is 9.59 Å². The molecule has 0 aliphatic heterocycles. The van der Waals surface area contributed by atoms with Crippen molar-refractivity contribution >= 4 is 28.5 Å². The van der Waals surface area contributed by atoms with Crippen LogP contribution in [0.15, 0.2) is 48.5 Å². The predicted octanol–water partition coefficient (Wildman–Crippen LogP) is 3.88. The molecule has 2 aromatic carbocycles. The van der Waals surface area contributed by atoms with Crippen LogP contribution in [0.3, 0.4) is 0 Å². The number of nitrogens with one attached hydrogen (secondary N) is 2. The second kappa shape index (κ2) is 9.64. The van der Waals surface area contributed by atoms with Gasteiger partial charge in [0.05, 0.1) is 24.7 Å². The van der Waals surface area contributed by atoms with Crippen LogP contribution in [0.4, 0.5) is 5.69 Å². The average molecular weight is 421 g/mol. The van der Waals surface area contributed by atoms with Crippen molar-refractivity contribution in [1.82, 2.24) is 14.9 Å². The van der Waals surface area contributed by atoms with E-state index in [4.69, 9.17) is 4.74 Å². The number of fused-ring (bicyclic) bond motifs is 1. The van der Waals surface area contributed by atoms with E-state index in [1.807, 2.05) is 47.0 Å². The first kappa shape index (κ1) is 20.9. The number of aromatic nitrogens is 2. The molecule has 31 heavy (non-hydrogen) atoms. The average Bonchev–Trinajstić information content (AvgIpc) is 3.15. The zero-order chi connectivity index (χ0) is 21.6. The Kier molecular flexibility index (Phi) is 6.50. The number of carbonyl (C=O) groups is 2. The fourth-order valence-electron chi connectivity index (χ4n) is 4.16. The van der Waals surface area contributed by atoms with Crippen molar-refractivity contribution in [2.45, 2.75) is 45.2 Å². The Morgan fingerprint density at radius 2 is 1.90 bits per heavy atom. The van der Waals surface area contributed by atoms with E-state index < -0.39 is 0 Å². The molecule has 7 heteroatoms. The van der Waals surface area contributed by atoms with E-state index >= 15 is 0 Å². The van der Waals surface area contributed by atoms with E-state index in [-0.39, 0.29) is 24.3 Å². The quantitative estimate of drug-likeness (QED) is 0.607. The van der Waals surface area contributed by atoms with Crippen LogP contribution in [-0.2, 0) is 22.7 Å². The van der Waals surface area contributed by atoms with Gasteiger partial charge in [-0.1, -0.05) is 37.5 Å². The van der Waals surface area contributed by atoms with Gasteiger partial charge in [0.2, 0.25) is 11.8 Å². The van der Waals surface area contributed by atoms with E-state index in [1.54, 1.807) is 13.2 Å². The SMILES string of the molecule is COc1cccc(NC(=O)Cn2c(CNC(=O)C3CCCCC3)nc3ccccc32)c1. The highest BCUT2D eigenvalue weighted by molar-refractivity contribution is 5.92. The molecule has 1 saturated carbocycles. The van der Waals surface area contributed by atoms with Gasteiger partial charge in [-0.25, -0.2) is 4.98 Å². The number of ether oxygens (including phenoxy) is 1. The highest BCUT2D eigenvalue weighted by Gasteiger charge is 2.22.